The first-order chi connectivity index (χ1) is 17.9. The number of aromatic amines is 2. The molecule has 37 heavy (non-hydrogen) atoms. The lowest BCUT2D eigenvalue weighted by molar-refractivity contribution is -0.187. The van der Waals surface area contributed by atoms with E-state index in [1.807, 2.05) is 56.4 Å². The SMILES string of the molecule is CC1(C)O[C@@H]2[C@H](O1)[C@H](CNCc1nc3ccccc3[nH]1)O[C@@H]2CC(=O)NCCc1c[nH]c2ccccc12. The highest BCUT2D eigenvalue weighted by molar-refractivity contribution is 5.83. The van der Waals surface area contributed by atoms with Crippen LogP contribution in [0.1, 0.15) is 31.7 Å². The van der Waals surface area contributed by atoms with Crippen molar-refractivity contribution in [1.82, 2.24) is 25.6 Å². The second-order valence-corrected chi connectivity index (χ2v) is 10.3. The third-order valence-corrected chi connectivity index (χ3v) is 7.10. The van der Waals surface area contributed by atoms with E-state index in [2.05, 4.69) is 37.7 Å². The Hall–Kier alpha value is -3.24. The quantitative estimate of drug-likeness (QED) is 0.279. The van der Waals surface area contributed by atoms with Gasteiger partial charge in [-0.3, -0.25) is 4.79 Å². The number of hydrogen-bond donors (Lipinski definition) is 4. The van der Waals surface area contributed by atoms with Gasteiger partial charge >= 0.3 is 0 Å². The van der Waals surface area contributed by atoms with Crippen LogP contribution in [0.5, 0.6) is 0 Å². The van der Waals surface area contributed by atoms with Crippen LogP contribution < -0.4 is 10.6 Å². The van der Waals surface area contributed by atoms with Crippen molar-refractivity contribution in [2.45, 2.75) is 63.4 Å². The van der Waals surface area contributed by atoms with Gasteiger partial charge in [-0.05, 0) is 44.0 Å². The number of fused-ring (bicyclic) bond motifs is 3. The van der Waals surface area contributed by atoms with Gasteiger partial charge in [0.25, 0.3) is 0 Å². The summed E-state index contributed by atoms with van der Waals surface area (Å²) in [5.41, 5.74) is 4.26. The number of amides is 1. The monoisotopic (exact) mass is 503 g/mol. The lowest BCUT2D eigenvalue weighted by atomic mass is 10.1. The molecule has 2 aromatic carbocycles. The van der Waals surface area contributed by atoms with Crippen LogP contribution in [-0.2, 0) is 32.0 Å². The zero-order chi connectivity index (χ0) is 25.4. The van der Waals surface area contributed by atoms with E-state index in [1.165, 1.54) is 10.9 Å². The summed E-state index contributed by atoms with van der Waals surface area (Å²) in [5.74, 6) is 0.110. The van der Waals surface area contributed by atoms with Gasteiger partial charge in [0.1, 0.15) is 18.0 Å². The normalized spacial score (nSPS) is 24.6. The van der Waals surface area contributed by atoms with Gasteiger partial charge in [-0.15, -0.1) is 0 Å². The molecule has 2 saturated heterocycles. The maximum atomic E-state index is 12.8. The molecule has 2 aliphatic heterocycles. The van der Waals surface area contributed by atoms with Crippen LogP contribution in [0.15, 0.2) is 54.7 Å². The Kier molecular flexibility index (Phi) is 6.46. The molecule has 9 heteroatoms. The molecule has 4 atom stereocenters. The summed E-state index contributed by atoms with van der Waals surface area (Å²) in [6.07, 6.45) is 1.90. The number of benzene rings is 2. The predicted octanol–water partition coefficient (Wildman–Crippen LogP) is 3.17. The number of nitrogens with one attached hydrogen (secondary N) is 4. The number of imidazole rings is 1. The molecule has 0 bridgehead atoms. The van der Waals surface area contributed by atoms with E-state index in [1.54, 1.807) is 0 Å². The van der Waals surface area contributed by atoms with Crippen molar-refractivity contribution < 1.29 is 19.0 Å². The van der Waals surface area contributed by atoms with E-state index >= 15 is 0 Å². The van der Waals surface area contributed by atoms with Crippen molar-refractivity contribution in [3.05, 3.63) is 66.1 Å². The van der Waals surface area contributed by atoms with E-state index in [-0.39, 0.29) is 36.7 Å². The summed E-state index contributed by atoms with van der Waals surface area (Å²) in [4.78, 5) is 24.0. The van der Waals surface area contributed by atoms with Crippen LogP contribution in [0, 0.1) is 0 Å². The van der Waals surface area contributed by atoms with Crippen LogP contribution in [0.3, 0.4) is 0 Å². The van der Waals surface area contributed by atoms with Gasteiger partial charge in [0, 0.05) is 30.2 Å². The minimum absolute atomic E-state index is 0.0483. The zero-order valence-electron chi connectivity index (χ0n) is 21.1. The van der Waals surface area contributed by atoms with Crippen LogP contribution in [0.25, 0.3) is 21.9 Å². The third-order valence-electron chi connectivity index (χ3n) is 7.10. The number of para-hydroxylation sites is 3. The summed E-state index contributed by atoms with van der Waals surface area (Å²) in [5, 5.41) is 7.66. The smallest absolute Gasteiger partial charge is 0.222 e. The number of carbonyl (C=O) groups excluding carboxylic acids is 1. The standard InChI is InChI=1S/C28H33N5O4/c1-28(2)36-26-22(13-25(34)30-12-11-17-14-31-19-8-4-3-7-18(17)19)35-23(27(26)37-28)15-29-16-24-32-20-9-5-6-10-21(20)33-24/h3-10,14,22-23,26-27,29,31H,11-13,15-16H2,1-2H3,(H,30,34)(H,32,33)/t22-,23+,26+,27-/m1/s1. The Labute approximate surface area is 215 Å². The molecule has 2 aromatic heterocycles. The molecule has 0 saturated carbocycles. The molecule has 4 N–H and O–H groups in total. The summed E-state index contributed by atoms with van der Waals surface area (Å²) < 4.78 is 18.6. The molecular formula is C28H33N5O4. The molecule has 1 amide bonds. The lowest BCUT2D eigenvalue weighted by Crippen LogP contribution is -2.37. The fourth-order valence-corrected chi connectivity index (χ4v) is 5.45. The second-order valence-electron chi connectivity index (χ2n) is 10.3. The number of carbonyl (C=O) groups is 1. The molecule has 9 nitrogen and oxygen atoms in total. The minimum Gasteiger partial charge on any atom is -0.367 e. The Morgan fingerprint density at radius 2 is 1.78 bits per heavy atom. The second kappa shape index (κ2) is 9.90. The van der Waals surface area contributed by atoms with Gasteiger partial charge in [0.2, 0.25) is 5.91 Å². The number of nitrogens with zero attached hydrogens (tertiary/aromatic N) is 1. The molecule has 0 radical (unpaired) electrons. The fourth-order valence-electron chi connectivity index (χ4n) is 5.45. The van der Waals surface area contributed by atoms with E-state index in [0.29, 0.717) is 19.6 Å². The van der Waals surface area contributed by atoms with Crippen molar-refractivity contribution >= 4 is 27.8 Å². The number of H-pyrrole nitrogens is 2. The minimum atomic E-state index is -0.708. The lowest BCUT2D eigenvalue weighted by Gasteiger charge is -2.24. The number of rotatable bonds is 9. The van der Waals surface area contributed by atoms with E-state index < -0.39 is 5.79 Å². The predicted molar refractivity (Wildman–Crippen MR) is 140 cm³/mol. The Morgan fingerprint density at radius 1 is 1.03 bits per heavy atom. The van der Waals surface area contributed by atoms with Crippen molar-refractivity contribution in [3.8, 4) is 0 Å². The van der Waals surface area contributed by atoms with Gasteiger partial charge < -0.3 is 34.8 Å². The van der Waals surface area contributed by atoms with Crippen LogP contribution in [0.2, 0.25) is 0 Å². The maximum Gasteiger partial charge on any atom is 0.222 e. The summed E-state index contributed by atoms with van der Waals surface area (Å²) in [6, 6.07) is 16.2. The zero-order valence-corrected chi connectivity index (χ0v) is 21.1. The molecule has 0 spiro atoms. The molecule has 4 aromatic rings. The average molecular weight is 504 g/mol. The number of aromatic nitrogens is 3. The van der Waals surface area contributed by atoms with E-state index in [4.69, 9.17) is 14.2 Å². The van der Waals surface area contributed by atoms with Crippen LogP contribution in [0.4, 0.5) is 0 Å². The number of hydrogen-bond acceptors (Lipinski definition) is 6. The van der Waals surface area contributed by atoms with Gasteiger partial charge in [-0.25, -0.2) is 4.98 Å². The molecule has 0 unspecified atom stereocenters. The van der Waals surface area contributed by atoms with E-state index in [9.17, 15) is 4.79 Å². The van der Waals surface area contributed by atoms with Gasteiger partial charge in [-0.1, -0.05) is 30.3 Å². The first kappa shape index (κ1) is 24.1. The molecule has 4 heterocycles. The van der Waals surface area contributed by atoms with Crippen molar-refractivity contribution in [2.24, 2.45) is 0 Å². The van der Waals surface area contributed by atoms with Crippen LogP contribution >= 0.6 is 0 Å². The fraction of sp³-hybridized carbons (Fsp3) is 0.429. The van der Waals surface area contributed by atoms with Gasteiger partial charge in [-0.2, -0.15) is 0 Å². The largest absolute Gasteiger partial charge is 0.367 e. The Balaban J connectivity index is 1.02. The van der Waals surface area contributed by atoms with Gasteiger partial charge in [0.05, 0.1) is 36.2 Å². The molecule has 2 fully saturated rings. The highest BCUT2D eigenvalue weighted by Crippen LogP contribution is 2.39. The highest BCUT2D eigenvalue weighted by Gasteiger charge is 2.55. The topological polar surface area (TPSA) is 113 Å². The van der Waals surface area contributed by atoms with Crippen LogP contribution in [-0.4, -0.2) is 64.2 Å². The maximum absolute atomic E-state index is 12.8. The average Bonchev–Trinajstić information content (AvgIpc) is 3.62. The van der Waals surface area contributed by atoms with Crippen molar-refractivity contribution in [3.63, 3.8) is 0 Å². The Bertz CT molecular complexity index is 1360. The number of ether oxygens (including phenoxy) is 3. The summed E-state index contributed by atoms with van der Waals surface area (Å²) >= 11 is 0. The third kappa shape index (κ3) is 5.13. The van der Waals surface area contributed by atoms with Gasteiger partial charge in [0.15, 0.2) is 5.79 Å². The molecule has 0 aliphatic carbocycles. The summed E-state index contributed by atoms with van der Waals surface area (Å²) in [6.45, 7) is 5.52. The molecule has 2 aliphatic rings. The molecule has 6 rings (SSSR count). The molecule has 194 valence electrons. The Morgan fingerprint density at radius 3 is 2.62 bits per heavy atom. The van der Waals surface area contributed by atoms with Crippen molar-refractivity contribution in [2.75, 3.05) is 13.1 Å². The highest BCUT2D eigenvalue weighted by atomic mass is 16.8. The van der Waals surface area contributed by atoms with Crippen molar-refractivity contribution in [1.29, 1.82) is 0 Å². The first-order valence-electron chi connectivity index (χ1n) is 12.9. The van der Waals surface area contributed by atoms with E-state index in [0.717, 1.165) is 28.8 Å². The first-order valence-corrected chi connectivity index (χ1v) is 12.9. The molecular weight excluding hydrogens is 470 g/mol. The summed E-state index contributed by atoms with van der Waals surface area (Å²) in [7, 11) is 0.